The average Bonchev–Trinajstić information content (AvgIpc) is 3.62. The van der Waals surface area contributed by atoms with Crippen LogP contribution >= 0.6 is 11.3 Å². The normalized spacial score (nSPS) is 16.5. The minimum absolute atomic E-state index is 0.000472. The van der Waals surface area contributed by atoms with Gasteiger partial charge < -0.3 is 9.80 Å². The van der Waals surface area contributed by atoms with Crippen LogP contribution in [0.5, 0.6) is 0 Å². The summed E-state index contributed by atoms with van der Waals surface area (Å²) in [6, 6.07) is 45.7. The van der Waals surface area contributed by atoms with E-state index in [0.29, 0.717) is 0 Å². The zero-order valence-corrected chi connectivity index (χ0v) is 43.6. The van der Waals surface area contributed by atoms with Crippen molar-refractivity contribution in [2.45, 2.75) is 156 Å². The highest BCUT2D eigenvalue weighted by molar-refractivity contribution is 7.26. The molecular formula is C62H71BN2S. The second-order valence-corrected chi connectivity index (χ2v) is 26.4. The summed E-state index contributed by atoms with van der Waals surface area (Å²) in [6.07, 6.45) is 2.32. The van der Waals surface area contributed by atoms with Crippen LogP contribution in [0.25, 0.3) is 21.2 Å². The van der Waals surface area contributed by atoms with Gasteiger partial charge in [-0.1, -0.05) is 184 Å². The van der Waals surface area contributed by atoms with E-state index in [0.717, 1.165) is 6.42 Å². The van der Waals surface area contributed by atoms with E-state index in [9.17, 15) is 0 Å². The fraction of sp³-hybridized carbons (Fsp3) is 0.387. The van der Waals surface area contributed by atoms with Crippen molar-refractivity contribution in [1.82, 2.24) is 0 Å². The quantitative estimate of drug-likeness (QED) is 0.163. The highest BCUT2D eigenvalue weighted by Crippen LogP contribution is 2.56. The van der Waals surface area contributed by atoms with Gasteiger partial charge in [0.1, 0.15) is 0 Å². The molecule has 0 fully saturated rings. The summed E-state index contributed by atoms with van der Waals surface area (Å²) in [4.78, 5) is 5.43. The SMILES string of the molecule is CC(C)(C)c1ccc(N2c3cc(C(C)(C)C)cc4c3B(c3ccc5c(c32)C(C)(C)CCC5(C)C)c2c(sc3ccc(C(C)(C)C)cc23)N4c2ccc(C(C)(C)C)cc2-c2ccccc2)cc1. The molecule has 10 rings (SSSR count). The largest absolute Gasteiger partial charge is 0.311 e. The van der Waals surface area contributed by atoms with Gasteiger partial charge in [-0.25, -0.2) is 0 Å². The van der Waals surface area contributed by atoms with Crippen LogP contribution in [0, 0.1) is 0 Å². The lowest BCUT2D eigenvalue weighted by atomic mass is 9.33. The van der Waals surface area contributed by atoms with Crippen molar-refractivity contribution in [3.05, 3.63) is 149 Å². The van der Waals surface area contributed by atoms with E-state index in [2.05, 4.69) is 236 Å². The van der Waals surface area contributed by atoms with Crippen LogP contribution < -0.4 is 26.2 Å². The van der Waals surface area contributed by atoms with E-state index in [1.807, 2.05) is 11.3 Å². The Labute approximate surface area is 401 Å². The number of nitrogens with zero attached hydrogens (tertiary/aromatic N) is 2. The topological polar surface area (TPSA) is 6.48 Å². The van der Waals surface area contributed by atoms with Gasteiger partial charge in [-0.2, -0.15) is 0 Å². The molecule has 0 spiro atoms. The monoisotopic (exact) mass is 887 g/mol. The lowest BCUT2D eigenvalue weighted by Gasteiger charge is -2.49. The second kappa shape index (κ2) is 14.7. The first-order valence-corrected chi connectivity index (χ1v) is 25.4. The molecular weight excluding hydrogens is 816 g/mol. The maximum Gasteiger partial charge on any atom is 0.254 e. The van der Waals surface area contributed by atoms with Gasteiger partial charge in [0.25, 0.3) is 6.71 Å². The van der Waals surface area contributed by atoms with Crippen molar-refractivity contribution in [2.24, 2.45) is 0 Å². The molecule has 2 aliphatic heterocycles. The van der Waals surface area contributed by atoms with Gasteiger partial charge in [0.15, 0.2) is 0 Å². The summed E-state index contributed by atoms with van der Waals surface area (Å²) in [7, 11) is 0. The second-order valence-electron chi connectivity index (χ2n) is 25.4. The van der Waals surface area contributed by atoms with Gasteiger partial charge >= 0.3 is 0 Å². The third kappa shape index (κ3) is 7.10. The zero-order valence-electron chi connectivity index (χ0n) is 42.8. The summed E-state index contributed by atoms with van der Waals surface area (Å²) in [5.41, 5.74) is 21.6. The number of fused-ring (bicyclic) bond motifs is 8. The fourth-order valence-corrected chi connectivity index (χ4v) is 12.6. The van der Waals surface area contributed by atoms with Gasteiger partial charge in [-0.05, 0) is 149 Å². The molecule has 0 saturated carbocycles. The first-order chi connectivity index (χ1) is 30.8. The van der Waals surface area contributed by atoms with Crippen LogP contribution in [0.15, 0.2) is 115 Å². The van der Waals surface area contributed by atoms with Crippen molar-refractivity contribution in [2.75, 3.05) is 9.80 Å². The third-order valence-electron chi connectivity index (χ3n) is 15.5. The molecule has 0 N–H and O–H groups in total. The maximum absolute atomic E-state index is 2.73. The van der Waals surface area contributed by atoms with Gasteiger partial charge in [0, 0.05) is 33.0 Å². The highest BCUT2D eigenvalue weighted by atomic mass is 32.1. The van der Waals surface area contributed by atoms with E-state index in [4.69, 9.17) is 0 Å². The Morgan fingerprint density at radius 2 is 1.06 bits per heavy atom. The lowest BCUT2D eigenvalue weighted by Crippen LogP contribution is -2.62. The van der Waals surface area contributed by atoms with E-state index in [1.165, 1.54) is 111 Å². The summed E-state index contributed by atoms with van der Waals surface area (Å²) < 4.78 is 1.34. The Hall–Kier alpha value is -5.06. The van der Waals surface area contributed by atoms with Gasteiger partial charge in [-0.15, -0.1) is 11.3 Å². The molecule has 1 aromatic heterocycles. The predicted octanol–water partition coefficient (Wildman–Crippen LogP) is 16.2. The average molecular weight is 887 g/mol. The number of hydrogen-bond donors (Lipinski definition) is 0. The van der Waals surface area contributed by atoms with Crippen LogP contribution in [0.4, 0.5) is 33.4 Å². The molecule has 3 aliphatic rings. The van der Waals surface area contributed by atoms with E-state index >= 15 is 0 Å². The Kier molecular flexibility index (Phi) is 9.98. The molecule has 0 amide bonds. The molecule has 1 aliphatic carbocycles. The van der Waals surface area contributed by atoms with Crippen LogP contribution in [-0.4, -0.2) is 6.71 Å². The number of thiophene rings is 1. The van der Waals surface area contributed by atoms with Crippen molar-refractivity contribution < 1.29 is 0 Å². The fourth-order valence-electron chi connectivity index (χ4n) is 11.3. The molecule has 0 saturated heterocycles. The summed E-state index contributed by atoms with van der Waals surface area (Å²) in [5, 5.41) is 2.71. The van der Waals surface area contributed by atoms with E-state index in [-0.39, 0.29) is 39.2 Å². The number of rotatable bonds is 3. The van der Waals surface area contributed by atoms with Crippen molar-refractivity contribution >= 4 is 78.0 Å². The molecule has 2 nitrogen and oxygen atoms in total. The Bertz CT molecular complexity index is 3060. The van der Waals surface area contributed by atoms with Crippen molar-refractivity contribution in [1.29, 1.82) is 0 Å². The number of hydrogen-bond acceptors (Lipinski definition) is 3. The Morgan fingerprint density at radius 1 is 0.500 bits per heavy atom. The highest BCUT2D eigenvalue weighted by Gasteiger charge is 2.50. The van der Waals surface area contributed by atoms with E-state index < -0.39 is 0 Å². The molecule has 6 aromatic carbocycles. The van der Waals surface area contributed by atoms with Crippen LogP contribution in [0.3, 0.4) is 0 Å². The Balaban J connectivity index is 1.40. The Morgan fingerprint density at radius 3 is 1.68 bits per heavy atom. The molecule has 0 bridgehead atoms. The first-order valence-electron chi connectivity index (χ1n) is 24.6. The molecule has 4 heteroatoms. The summed E-state index contributed by atoms with van der Waals surface area (Å²) in [6.45, 7) is 38.3. The first kappa shape index (κ1) is 44.8. The molecule has 0 radical (unpaired) electrons. The van der Waals surface area contributed by atoms with Crippen molar-refractivity contribution in [3.8, 4) is 11.1 Å². The van der Waals surface area contributed by atoms with Gasteiger partial charge in [0.05, 0.1) is 10.7 Å². The number of anilines is 6. The van der Waals surface area contributed by atoms with Crippen LogP contribution in [0.2, 0.25) is 0 Å². The predicted molar refractivity (Wildman–Crippen MR) is 291 cm³/mol. The van der Waals surface area contributed by atoms with Crippen LogP contribution in [0.1, 0.15) is 157 Å². The summed E-state index contributed by atoms with van der Waals surface area (Å²) in [5.74, 6) is 0. The summed E-state index contributed by atoms with van der Waals surface area (Å²) >= 11 is 1.98. The molecule has 0 unspecified atom stereocenters. The van der Waals surface area contributed by atoms with E-state index in [1.54, 1.807) is 0 Å². The molecule has 3 heterocycles. The smallest absolute Gasteiger partial charge is 0.254 e. The number of benzene rings is 6. The van der Waals surface area contributed by atoms with Gasteiger partial charge in [-0.3, -0.25) is 0 Å². The molecule has 338 valence electrons. The zero-order chi connectivity index (χ0) is 47.3. The standard InChI is InChI=1S/C62H71BN2S/c1-57(2,3)39-22-26-43(27-23-39)64-49-36-42(60(10,11)12)37-50-54(49)63(47-29-28-46-52(55(47)64)62(15,16)33-32-61(46,13)14)53-45-35-41(59(7,8)9)25-31-51(45)66-56(53)65(50)48-30-24-40(58(4,5)6)34-44(48)38-20-18-17-19-21-38/h17-31,34-37H,32-33H2,1-16H3. The third-order valence-corrected chi connectivity index (χ3v) is 16.7. The van der Waals surface area contributed by atoms with Gasteiger partial charge in [0.2, 0.25) is 0 Å². The lowest BCUT2D eigenvalue weighted by molar-refractivity contribution is 0.333. The minimum atomic E-state index is -0.119. The van der Waals surface area contributed by atoms with Crippen LogP contribution in [-0.2, 0) is 32.5 Å². The minimum Gasteiger partial charge on any atom is -0.311 e. The molecule has 7 aromatic rings. The molecule has 66 heavy (non-hydrogen) atoms. The van der Waals surface area contributed by atoms with Crippen molar-refractivity contribution in [3.63, 3.8) is 0 Å². The molecule has 0 atom stereocenters. The maximum atomic E-state index is 2.73.